The second-order valence-corrected chi connectivity index (χ2v) is 5.62. The summed E-state index contributed by atoms with van der Waals surface area (Å²) >= 11 is 5.61. The number of benzene rings is 1. The fourth-order valence-corrected chi connectivity index (χ4v) is 3.22. The number of hydrogen-bond acceptors (Lipinski definition) is 2. The van der Waals surface area contributed by atoms with Crippen molar-refractivity contribution in [3.63, 3.8) is 0 Å². The van der Waals surface area contributed by atoms with E-state index in [9.17, 15) is 9.59 Å². The van der Waals surface area contributed by atoms with Crippen molar-refractivity contribution in [1.29, 1.82) is 0 Å². The van der Waals surface area contributed by atoms with Crippen LogP contribution in [0.3, 0.4) is 0 Å². The van der Waals surface area contributed by atoms with Crippen molar-refractivity contribution >= 4 is 35.5 Å². The van der Waals surface area contributed by atoms with Crippen LogP contribution >= 0.6 is 11.6 Å². The fourth-order valence-electron chi connectivity index (χ4n) is 1.14. The van der Waals surface area contributed by atoms with Crippen LogP contribution in [0.2, 0.25) is 5.15 Å². The Labute approximate surface area is 102 Å². The maximum atomic E-state index is 11.5. The summed E-state index contributed by atoms with van der Waals surface area (Å²) in [5.74, 6) is 0. The van der Waals surface area contributed by atoms with E-state index in [1.807, 2.05) is 30.3 Å². The van der Waals surface area contributed by atoms with Crippen LogP contribution in [0.5, 0.6) is 0 Å². The maximum absolute atomic E-state index is 11.5. The topological polar surface area (TPSA) is 65.7 Å². The zero-order valence-electron chi connectivity index (χ0n) is 7.99. The van der Waals surface area contributed by atoms with Gasteiger partial charge in [0.25, 0.3) is 0 Å². The summed E-state index contributed by atoms with van der Waals surface area (Å²) in [6.45, 7) is 0. The minimum absolute atomic E-state index is 0.123. The molecule has 0 spiro atoms. The van der Waals surface area contributed by atoms with Gasteiger partial charge in [0.1, 0.15) is 0 Å². The van der Waals surface area contributed by atoms with E-state index in [-0.39, 0.29) is 20.1 Å². The predicted octanol–water partition coefficient (Wildman–Crippen LogP) is -0.628. The average Bonchev–Trinajstić information content (AvgIpc) is 2.25. The molecule has 2 N–H and O–H groups in total. The molecule has 0 atom stereocenters. The first-order chi connectivity index (χ1) is 7.66. The molecule has 1 heterocycles. The van der Waals surface area contributed by atoms with Gasteiger partial charge in [-0.3, -0.25) is 0 Å². The molecule has 0 aliphatic heterocycles. The molecule has 1 aromatic heterocycles. The summed E-state index contributed by atoms with van der Waals surface area (Å²) < 4.78 is 1.45. The Balaban J connectivity index is 2.43. The zero-order valence-corrected chi connectivity index (χ0v) is 10.5. The van der Waals surface area contributed by atoms with Gasteiger partial charge in [-0.05, 0) is 0 Å². The average molecular weight is 302 g/mol. The molecule has 6 heteroatoms. The molecule has 0 amide bonds. The van der Waals surface area contributed by atoms with Crippen LogP contribution in [0, 0.1) is 0 Å². The van der Waals surface area contributed by atoms with Gasteiger partial charge in [-0.2, -0.15) is 0 Å². The van der Waals surface area contributed by atoms with Gasteiger partial charge in [0.15, 0.2) is 0 Å². The van der Waals surface area contributed by atoms with Gasteiger partial charge in [0.05, 0.1) is 0 Å². The summed E-state index contributed by atoms with van der Waals surface area (Å²) in [5.41, 5.74) is -1.000. The molecular formula is C10H7ClN2O2Se. The van der Waals surface area contributed by atoms with Crippen LogP contribution in [0.15, 0.2) is 39.9 Å². The molecule has 0 aliphatic carbocycles. The van der Waals surface area contributed by atoms with Crippen LogP contribution < -0.4 is 20.2 Å². The molecule has 2 aromatic rings. The normalized spacial score (nSPS) is 10.3. The summed E-state index contributed by atoms with van der Waals surface area (Å²) in [6, 6.07) is 9.52. The third-order valence-corrected chi connectivity index (χ3v) is 4.67. The predicted molar refractivity (Wildman–Crippen MR) is 64.2 cm³/mol. The molecule has 0 radical (unpaired) electrons. The molecule has 0 unspecified atom stereocenters. The van der Waals surface area contributed by atoms with E-state index >= 15 is 0 Å². The van der Waals surface area contributed by atoms with Gasteiger partial charge in [-0.1, -0.05) is 0 Å². The van der Waals surface area contributed by atoms with Gasteiger partial charge in [0.2, 0.25) is 0 Å². The monoisotopic (exact) mass is 302 g/mol. The second kappa shape index (κ2) is 4.70. The van der Waals surface area contributed by atoms with E-state index < -0.39 is 11.2 Å². The van der Waals surface area contributed by atoms with Gasteiger partial charge in [-0.25, -0.2) is 0 Å². The molecule has 0 fully saturated rings. The number of H-pyrrole nitrogens is 2. The number of aromatic amines is 2. The number of rotatable bonds is 2. The van der Waals surface area contributed by atoms with Crippen LogP contribution in [-0.2, 0) is 0 Å². The Hall–Kier alpha value is -1.29. The Morgan fingerprint density at radius 1 is 1.06 bits per heavy atom. The first-order valence-corrected chi connectivity index (χ1v) is 6.51. The van der Waals surface area contributed by atoms with Gasteiger partial charge >= 0.3 is 102 Å². The molecule has 2 rings (SSSR count). The molecule has 0 saturated carbocycles. The molecule has 16 heavy (non-hydrogen) atoms. The Kier molecular flexibility index (Phi) is 3.29. The van der Waals surface area contributed by atoms with Crippen molar-refractivity contribution < 1.29 is 0 Å². The molecular weight excluding hydrogens is 295 g/mol. The van der Waals surface area contributed by atoms with Crippen molar-refractivity contribution in [2.24, 2.45) is 0 Å². The number of halogens is 1. The van der Waals surface area contributed by atoms with E-state index in [2.05, 4.69) is 9.97 Å². The van der Waals surface area contributed by atoms with E-state index in [1.165, 1.54) is 0 Å². The first kappa shape index (κ1) is 11.2. The van der Waals surface area contributed by atoms with Crippen molar-refractivity contribution in [2.75, 3.05) is 0 Å². The number of aromatic nitrogens is 2. The van der Waals surface area contributed by atoms with Crippen LogP contribution in [-0.4, -0.2) is 24.9 Å². The number of hydrogen-bond donors (Lipinski definition) is 2. The molecule has 0 bridgehead atoms. The summed E-state index contributed by atoms with van der Waals surface area (Å²) in [7, 11) is 0. The summed E-state index contributed by atoms with van der Waals surface area (Å²) in [6.07, 6.45) is 0. The van der Waals surface area contributed by atoms with Gasteiger partial charge < -0.3 is 0 Å². The third-order valence-electron chi connectivity index (χ3n) is 1.82. The van der Waals surface area contributed by atoms with Crippen LogP contribution in [0.4, 0.5) is 0 Å². The van der Waals surface area contributed by atoms with E-state index in [1.54, 1.807) is 0 Å². The second-order valence-electron chi connectivity index (χ2n) is 2.97. The molecule has 0 aliphatic rings. The van der Waals surface area contributed by atoms with Crippen LogP contribution in [0.1, 0.15) is 0 Å². The summed E-state index contributed by atoms with van der Waals surface area (Å²) in [5, 5.41) is 0.123. The van der Waals surface area contributed by atoms with Crippen molar-refractivity contribution in [3.8, 4) is 0 Å². The van der Waals surface area contributed by atoms with Crippen LogP contribution in [0.25, 0.3) is 0 Å². The van der Waals surface area contributed by atoms with Crippen molar-refractivity contribution in [2.45, 2.75) is 0 Å². The standard InChI is InChI=1S/C10H7ClN2O2Se/c11-8-7(9(14)13-10(15)12-8)16-6-4-2-1-3-5-6/h1-5H,(H2,12,13,14,15). The first-order valence-electron chi connectivity index (χ1n) is 4.42. The Bertz CT molecular complexity index is 606. The van der Waals surface area contributed by atoms with E-state index in [0.717, 1.165) is 4.46 Å². The zero-order chi connectivity index (χ0) is 11.5. The van der Waals surface area contributed by atoms with E-state index in [0.29, 0.717) is 4.46 Å². The van der Waals surface area contributed by atoms with Crippen molar-refractivity contribution in [3.05, 3.63) is 56.3 Å². The molecule has 82 valence electrons. The summed E-state index contributed by atoms with van der Waals surface area (Å²) in [4.78, 5) is 27.0. The molecule has 1 aromatic carbocycles. The Morgan fingerprint density at radius 3 is 2.38 bits per heavy atom. The quantitative estimate of drug-likeness (QED) is 0.573. The molecule has 0 saturated heterocycles. The van der Waals surface area contributed by atoms with Gasteiger partial charge in [0, 0.05) is 0 Å². The SMILES string of the molecule is O=c1[nH]c(Cl)c([Se]c2ccccc2)c(=O)[nH]1. The van der Waals surface area contributed by atoms with E-state index in [4.69, 9.17) is 11.6 Å². The minimum atomic E-state index is -0.581. The third kappa shape index (κ3) is 2.44. The molecule has 4 nitrogen and oxygen atoms in total. The van der Waals surface area contributed by atoms with Gasteiger partial charge in [-0.15, -0.1) is 0 Å². The Morgan fingerprint density at radius 2 is 1.75 bits per heavy atom. The fraction of sp³-hybridized carbons (Fsp3) is 0. The van der Waals surface area contributed by atoms with Crippen molar-refractivity contribution in [1.82, 2.24) is 9.97 Å². The number of nitrogens with one attached hydrogen (secondary N) is 2.